The summed E-state index contributed by atoms with van der Waals surface area (Å²) in [6, 6.07) is 4.58. The fourth-order valence-electron chi connectivity index (χ4n) is 4.69. The van der Waals surface area contributed by atoms with Crippen LogP contribution in [0.5, 0.6) is 5.75 Å². The molecular formula is C24H36ClN3O3. The monoisotopic (exact) mass is 449 g/mol. The van der Waals surface area contributed by atoms with E-state index in [1.165, 1.54) is 49.7 Å². The van der Waals surface area contributed by atoms with Crippen molar-refractivity contribution in [2.45, 2.75) is 76.6 Å². The number of carbonyl (C=O) groups is 1. The number of halogens is 1. The van der Waals surface area contributed by atoms with Crippen molar-refractivity contribution < 1.29 is 14.6 Å². The number of rotatable bonds is 12. The Morgan fingerprint density at radius 3 is 2.74 bits per heavy atom. The highest BCUT2D eigenvalue weighted by atomic mass is 35.5. The average molecular weight is 450 g/mol. The maximum absolute atomic E-state index is 11.2. The lowest BCUT2D eigenvalue weighted by Gasteiger charge is -2.28. The van der Waals surface area contributed by atoms with E-state index in [1.54, 1.807) is 4.90 Å². The minimum Gasteiger partial charge on any atom is -0.491 e. The number of hydrogen-bond acceptors (Lipinski definition) is 5. The third-order valence-corrected chi connectivity index (χ3v) is 7.00. The molecule has 0 spiro atoms. The van der Waals surface area contributed by atoms with Gasteiger partial charge in [0.1, 0.15) is 5.75 Å². The molecule has 1 saturated carbocycles. The second-order valence-electron chi connectivity index (χ2n) is 9.28. The normalized spacial score (nSPS) is 23.6. The van der Waals surface area contributed by atoms with Crippen molar-refractivity contribution in [3.63, 3.8) is 0 Å². The summed E-state index contributed by atoms with van der Waals surface area (Å²) in [5, 5.41) is 16.7. The lowest BCUT2D eigenvalue weighted by atomic mass is 9.87. The standard InChI is InChI=1S/C24H36ClN3O3/c25-20-12-11-18-19(23(20)31-16-17-9-10-17)7-6-8-21(18)26-13-4-2-1-3-5-14-28-15-22(29)27-24(28)30/h11-12,17,21,24,26,30H,1-10,13-16H2,(H,27,29)/t21-,24?/m1/s1. The molecule has 2 aliphatic carbocycles. The molecule has 1 aromatic carbocycles. The van der Waals surface area contributed by atoms with Crippen LogP contribution in [0.2, 0.25) is 5.02 Å². The smallest absolute Gasteiger partial charge is 0.237 e. The van der Waals surface area contributed by atoms with Gasteiger partial charge in [0, 0.05) is 18.2 Å². The molecular weight excluding hydrogens is 414 g/mol. The predicted octanol–water partition coefficient (Wildman–Crippen LogP) is 3.75. The Kier molecular flexibility index (Phi) is 8.10. The van der Waals surface area contributed by atoms with Crippen LogP contribution in [0.3, 0.4) is 0 Å². The minimum atomic E-state index is -0.801. The van der Waals surface area contributed by atoms with Crippen molar-refractivity contribution in [3.05, 3.63) is 28.3 Å². The summed E-state index contributed by atoms with van der Waals surface area (Å²) in [5.74, 6) is 1.56. The molecule has 1 aromatic rings. The maximum Gasteiger partial charge on any atom is 0.237 e. The predicted molar refractivity (Wildman–Crippen MR) is 122 cm³/mol. The third kappa shape index (κ3) is 6.35. The molecule has 2 fully saturated rings. The fraction of sp³-hybridized carbons (Fsp3) is 0.708. The molecule has 172 valence electrons. The quantitative estimate of drug-likeness (QED) is 0.424. The lowest BCUT2D eigenvalue weighted by molar-refractivity contribution is -0.119. The van der Waals surface area contributed by atoms with E-state index in [1.807, 2.05) is 6.07 Å². The van der Waals surface area contributed by atoms with E-state index in [-0.39, 0.29) is 5.91 Å². The van der Waals surface area contributed by atoms with E-state index in [9.17, 15) is 9.90 Å². The maximum atomic E-state index is 11.2. The van der Waals surface area contributed by atoms with Crippen LogP contribution in [0, 0.1) is 5.92 Å². The fourth-order valence-corrected chi connectivity index (χ4v) is 4.92. The van der Waals surface area contributed by atoms with E-state index in [0.717, 1.165) is 62.1 Å². The Hall–Kier alpha value is -1.34. The van der Waals surface area contributed by atoms with Gasteiger partial charge in [0.2, 0.25) is 5.91 Å². The molecule has 1 heterocycles. The zero-order chi connectivity index (χ0) is 21.6. The zero-order valence-corrected chi connectivity index (χ0v) is 19.1. The largest absolute Gasteiger partial charge is 0.491 e. The van der Waals surface area contributed by atoms with Gasteiger partial charge in [0.25, 0.3) is 0 Å². The second-order valence-corrected chi connectivity index (χ2v) is 9.68. The van der Waals surface area contributed by atoms with Crippen molar-refractivity contribution in [2.75, 3.05) is 26.2 Å². The van der Waals surface area contributed by atoms with Crippen LogP contribution in [0.25, 0.3) is 0 Å². The molecule has 3 N–H and O–H groups in total. The molecule has 7 heteroatoms. The van der Waals surface area contributed by atoms with Gasteiger partial charge in [0.15, 0.2) is 6.35 Å². The first-order valence-corrected chi connectivity index (χ1v) is 12.4. The number of unbranched alkanes of at least 4 members (excludes halogenated alkanes) is 4. The SMILES string of the molecule is O=C1CN(CCCCCCCN[C@@H]2CCCc3c2ccc(Cl)c3OCC2CC2)C(O)N1. The minimum absolute atomic E-state index is 0.0910. The van der Waals surface area contributed by atoms with Crippen LogP contribution in [-0.2, 0) is 11.2 Å². The first kappa shape index (κ1) is 22.8. The molecule has 0 aromatic heterocycles. The van der Waals surface area contributed by atoms with Crippen molar-refractivity contribution in [1.29, 1.82) is 0 Å². The molecule has 1 aliphatic heterocycles. The van der Waals surface area contributed by atoms with Crippen LogP contribution >= 0.6 is 11.6 Å². The molecule has 2 atom stereocenters. The van der Waals surface area contributed by atoms with Gasteiger partial charge in [-0.15, -0.1) is 0 Å². The lowest BCUT2D eigenvalue weighted by Crippen LogP contribution is -2.36. The summed E-state index contributed by atoms with van der Waals surface area (Å²) in [7, 11) is 0. The van der Waals surface area contributed by atoms with Gasteiger partial charge in [-0.2, -0.15) is 0 Å². The van der Waals surface area contributed by atoms with E-state index in [2.05, 4.69) is 16.7 Å². The van der Waals surface area contributed by atoms with Crippen LogP contribution in [0.15, 0.2) is 12.1 Å². The van der Waals surface area contributed by atoms with Gasteiger partial charge < -0.3 is 20.5 Å². The van der Waals surface area contributed by atoms with Crippen LogP contribution in [-0.4, -0.2) is 48.5 Å². The highest BCUT2D eigenvalue weighted by Crippen LogP contribution is 2.41. The van der Waals surface area contributed by atoms with Crippen molar-refractivity contribution >= 4 is 17.5 Å². The van der Waals surface area contributed by atoms with Gasteiger partial charge in [-0.25, -0.2) is 0 Å². The number of amides is 1. The highest BCUT2D eigenvalue weighted by Gasteiger charge is 2.28. The number of nitrogens with one attached hydrogen (secondary N) is 2. The summed E-state index contributed by atoms with van der Waals surface area (Å²) in [6.45, 7) is 2.91. The van der Waals surface area contributed by atoms with Crippen molar-refractivity contribution in [2.24, 2.45) is 5.92 Å². The topological polar surface area (TPSA) is 73.8 Å². The molecule has 0 radical (unpaired) electrons. The number of ether oxygens (including phenoxy) is 1. The summed E-state index contributed by atoms with van der Waals surface area (Å²) < 4.78 is 6.14. The summed E-state index contributed by atoms with van der Waals surface area (Å²) in [5.41, 5.74) is 2.68. The van der Waals surface area contributed by atoms with Crippen LogP contribution in [0.4, 0.5) is 0 Å². The molecule has 3 aliphatic rings. The Bertz CT molecular complexity index is 756. The first-order chi connectivity index (χ1) is 15.1. The number of fused-ring (bicyclic) bond motifs is 1. The van der Waals surface area contributed by atoms with Crippen LogP contribution in [0.1, 0.15) is 75.0 Å². The first-order valence-electron chi connectivity index (χ1n) is 12.0. The van der Waals surface area contributed by atoms with E-state index in [0.29, 0.717) is 12.6 Å². The molecule has 6 nitrogen and oxygen atoms in total. The molecule has 1 amide bonds. The number of aliphatic hydroxyl groups excluding tert-OH is 1. The van der Waals surface area contributed by atoms with Gasteiger partial charge in [-0.1, -0.05) is 36.9 Å². The molecule has 1 saturated heterocycles. The number of aliphatic hydroxyl groups is 1. The van der Waals surface area contributed by atoms with Crippen molar-refractivity contribution in [3.8, 4) is 5.75 Å². The number of hydrogen-bond donors (Lipinski definition) is 3. The summed E-state index contributed by atoms with van der Waals surface area (Å²) in [6.07, 6.45) is 10.9. The molecule has 31 heavy (non-hydrogen) atoms. The third-order valence-electron chi connectivity index (χ3n) is 6.70. The second kappa shape index (κ2) is 11.0. The van der Waals surface area contributed by atoms with Crippen molar-refractivity contribution in [1.82, 2.24) is 15.5 Å². The van der Waals surface area contributed by atoms with Gasteiger partial charge in [-0.05, 0) is 69.0 Å². The van der Waals surface area contributed by atoms with E-state index in [4.69, 9.17) is 16.3 Å². The summed E-state index contributed by atoms with van der Waals surface area (Å²) >= 11 is 6.47. The molecule has 4 rings (SSSR count). The Labute approximate surface area is 190 Å². The van der Waals surface area contributed by atoms with E-state index < -0.39 is 6.35 Å². The molecule has 0 bridgehead atoms. The Morgan fingerprint density at radius 1 is 1.16 bits per heavy atom. The van der Waals surface area contributed by atoms with Gasteiger partial charge in [-0.3, -0.25) is 9.69 Å². The van der Waals surface area contributed by atoms with Gasteiger partial charge in [0.05, 0.1) is 18.2 Å². The highest BCUT2D eigenvalue weighted by molar-refractivity contribution is 6.32. The van der Waals surface area contributed by atoms with E-state index >= 15 is 0 Å². The number of nitrogens with zero attached hydrogens (tertiary/aromatic N) is 1. The average Bonchev–Trinajstić information content (AvgIpc) is 3.52. The van der Waals surface area contributed by atoms with Gasteiger partial charge >= 0.3 is 0 Å². The Balaban J connectivity index is 1.15. The molecule has 1 unspecified atom stereocenters. The number of benzene rings is 1. The Morgan fingerprint density at radius 2 is 1.97 bits per heavy atom. The summed E-state index contributed by atoms with van der Waals surface area (Å²) in [4.78, 5) is 13.0. The van der Waals surface area contributed by atoms with Crippen LogP contribution < -0.4 is 15.4 Å². The number of carbonyl (C=O) groups excluding carboxylic acids is 1. The zero-order valence-electron chi connectivity index (χ0n) is 18.4.